The predicted octanol–water partition coefficient (Wildman–Crippen LogP) is 4.08. The van der Waals surface area contributed by atoms with E-state index in [0.717, 1.165) is 56.4 Å². The van der Waals surface area contributed by atoms with Crippen molar-refractivity contribution >= 4 is 12.1 Å². The molecular formula is C21H36N4O3. The molecule has 2 saturated carbocycles. The lowest BCUT2D eigenvalue weighted by Crippen LogP contribution is -2.61. The third-order valence-corrected chi connectivity index (χ3v) is 6.70. The van der Waals surface area contributed by atoms with Gasteiger partial charge in [-0.05, 0) is 39.5 Å². The van der Waals surface area contributed by atoms with Crippen molar-refractivity contribution in [3.05, 3.63) is 12.7 Å². The van der Waals surface area contributed by atoms with Crippen molar-refractivity contribution in [2.24, 2.45) is 0 Å². The Balaban J connectivity index is 1.82. The monoisotopic (exact) mass is 392 g/mol. The molecule has 0 aromatic carbocycles. The van der Waals surface area contributed by atoms with E-state index in [1.54, 1.807) is 15.9 Å². The molecule has 1 atom stereocenters. The molecule has 0 bridgehead atoms. The molecule has 1 aliphatic heterocycles. The van der Waals surface area contributed by atoms with Crippen molar-refractivity contribution in [2.45, 2.75) is 102 Å². The van der Waals surface area contributed by atoms with Crippen molar-refractivity contribution in [1.29, 1.82) is 0 Å². The summed E-state index contributed by atoms with van der Waals surface area (Å²) in [7, 11) is 0. The highest BCUT2D eigenvalue weighted by molar-refractivity contribution is 5.81. The second-order valence-electron chi connectivity index (χ2n) is 9.04. The first kappa shape index (κ1) is 21.0. The van der Waals surface area contributed by atoms with Crippen molar-refractivity contribution in [1.82, 2.24) is 20.2 Å². The Labute approximate surface area is 168 Å². The minimum Gasteiger partial charge on any atom is -0.333 e. The highest BCUT2D eigenvalue weighted by atomic mass is 16.5. The van der Waals surface area contributed by atoms with E-state index >= 15 is 0 Å². The summed E-state index contributed by atoms with van der Waals surface area (Å²) < 4.78 is 0. The van der Waals surface area contributed by atoms with Crippen molar-refractivity contribution in [3.63, 3.8) is 0 Å². The van der Waals surface area contributed by atoms with Gasteiger partial charge in [-0.1, -0.05) is 44.6 Å². The Morgan fingerprint density at radius 1 is 1.18 bits per heavy atom. The molecule has 7 nitrogen and oxygen atoms in total. The van der Waals surface area contributed by atoms with Crippen LogP contribution in [0.5, 0.6) is 0 Å². The highest BCUT2D eigenvalue weighted by Crippen LogP contribution is 2.39. The summed E-state index contributed by atoms with van der Waals surface area (Å²) in [6, 6.07) is -0.466. The zero-order valence-corrected chi connectivity index (χ0v) is 17.4. The van der Waals surface area contributed by atoms with Crippen LogP contribution >= 0.6 is 0 Å². The normalized spacial score (nSPS) is 26.4. The van der Waals surface area contributed by atoms with Gasteiger partial charge in [0.25, 0.3) is 0 Å². The molecule has 0 aromatic heterocycles. The van der Waals surface area contributed by atoms with Gasteiger partial charge >= 0.3 is 12.1 Å². The fourth-order valence-corrected chi connectivity index (χ4v) is 5.14. The average molecular weight is 393 g/mol. The van der Waals surface area contributed by atoms with Gasteiger partial charge in [0.1, 0.15) is 0 Å². The van der Waals surface area contributed by atoms with E-state index in [0.29, 0.717) is 6.54 Å². The van der Waals surface area contributed by atoms with Gasteiger partial charge in [0.2, 0.25) is 0 Å². The molecular weight excluding hydrogens is 356 g/mol. The summed E-state index contributed by atoms with van der Waals surface area (Å²) >= 11 is 0. The van der Waals surface area contributed by atoms with E-state index in [1.807, 2.05) is 13.8 Å². The molecule has 7 heteroatoms. The van der Waals surface area contributed by atoms with Gasteiger partial charge in [-0.3, -0.25) is 10.1 Å². The number of rotatable bonds is 5. The van der Waals surface area contributed by atoms with Crippen LogP contribution in [-0.2, 0) is 0 Å². The zero-order valence-electron chi connectivity index (χ0n) is 17.4. The molecule has 0 unspecified atom stereocenters. The topological polar surface area (TPSA) is 76.1 Å². The summed E-state index contributed by atoms with van der Waals surface area (Å²) in [5.74, 6) is 0. The van der Waals surface area contributed by atoms with Gasteiger partial charge in [-0.15, -0.1) is 6.58 Å². The van der Waals surface area contributed by atoms with E-state index in [4.69, 9.17) is 0 Å². The lowest BCUT2D eigenvalue weighted by molar-refractivity contribution is -0.141. The largest absolute Gasteiger partial charge is 0.343 e. The smallest absolute Gasteiger partial charge is 0.333 e. The molecule has 1 heterocycles. The number of hydroxylamine groups is 2. The molecule has 0 aromatic rings. The number of amides is 4. The number of nitrogens with zero attached hydrogens (tertiary/aromatic N) is 3. The number of hydrogen-bond acceptors (Lipinski definition) is 3. The van der Waals surface area contributed by atoms with Crippen LogP contribution in [0, 0.1) is 0 Å². The minimum atomic E-state index is -0.721. The number of carbonyl (C=O) groups is 2. The summed E-state index contributed by atoms with van der Waals surface area (Å²) in [6.07, 6.45) is 11.4. The summed E-state index contributed by atoms with van der Waals surface area (Å²) in [6.45, 7) is 8.00. The van der Waals surface area contributed by atoms with Crippen molar-refractivity contribution in [2.75, 3.05) is 6.54 Å². The maximum Gasteiger partial charge on any atom is 0.343 e. The fourth-order valence-electron chi connectivity index (χ4n) is 5.14. The van der Waals surface area contributed by atoms with E-state index in [9.17, 15) is 14.8 Å². The highest BCUT2D eigenvalue weighted by Gasteiger charge is 2.56. The molecule has 3 rings (SSSR count). The molecule has 3 aliphatic rings. The lowest BCUT2D eigenvalue weighted by atomic mass is 9.92. The van der Waals surface area contributed by atoms with Gasteiger partial charge in [-0.2, -0.15) is 5.06 Å². The third-order valence-electron chi connectivity index (χ3n) is 6.70. The van der Waals surface area contributed by atoms with Gasteiger partial charge < -0.3 is 10.2 Å². The zero-order chi connectivity index (χ0) is 20.3. The fraction of sp³-hybridized carbons (Fsp3) is 0.810. The van der Waals surface area contributed by atoms with Gasteiger partial charge in [0, 0.05) is 18.6 Å². The molecule has 158 valence electrons. The Hall–Kier alpha value is -1.76. The molecule has 1 saturated heterocycles. The molecule has 2 aliphatic carbocycles. The van der Waals surface area contributed by atoms with Crippen LogP contribution < -0.4 is 5.32 Å². The van der Waals surface area contributed by atoms with Crippen LogP contribution in [0.3, 0.4) is 0 Å². The van der Waals surface area contributed by atoms with Crippen LogP contribution in [0.15, 0.2) is 12.7 Å². The summed E-state index contributed by atoms with van der Waals surface area (Å²) in [4.78, 5) is 29.6. The standard InChI is InChI=1S/C21H36N4O3/c1-4-15-23-20(27)24(17-13-9-6-10-14-17)18(21(23,2)3)25(28)19(26)22-16-11-7-5-8-12-16/h4,16-18,28H,1,5-15H2,2-3H3,(H,22,26)/t18-/m1/s1. The van der Waals surface area contributed by atoms with Crippen LogP contribution in [0.4, 0.5) is 9.59 Å². The van der Waals surface area contributed by atoms with E-state index in [1.165, 1.54) is 12.8 Å². The minimum absolute atomic E-state index is 0.0532. The maximum absolute atomic E-state index is 13.3. The molecule has 28 heavy (non-hydrogen) atoms. The Bertz CT molecular complexity index is 582. The van der Waals surface area contributed by atoms with E-state index < -0.39 is 17.7 Å². The summed E-state index contributed by atoms with van der Waals surface area (Å²) in [5, 5.41) is 14.7. The molecule has 4 amide bonds. The number of urea groups is 2. The van der Waals surface area contributed by atoms with Gasteiger partial charge in [0.05, 0.1) is 5.54 Å². The summed E-state index contributed by atoms with van der Waals surface area (Å²) in [5.41, 5.74) is -0.721. The Morgan fingerprint density at radius 3 is 2.32 bits per heavy atom. The van der Waals surface area contributed by atoms with Crippen LogP contribution in [0.25, 0.3) is 0 Å². The molecule has 0 spiro atoms. The van der Waals surface area contributed by atoms with Crippen LogP contribution in [0.2, 0.25) is 0 Å². The number of hydrogen-bond donors (Lipinski definition) is 2. The average Bonchev–Trinajstić information content (AvgIpc) is 2.89. The first-order valence-electron chi connectivity index (χ1n) is 10.9. The second kappa shape index (κ2) is 8.72. The third kappa shape index (κ3) is 4.00. The van der Waals surface area contributed by atoms with Gasteiger partial charge in [0.15, 0.2) is 6.17 Å². The first-order valence-corrected chi connectivity index (χ1v) is 10.9. The quantitative estimate of drug-likeness (QED) is 0.420. The molecule has 0 radical (unpaired) electrons. The van der Waals surface area contributed by atoms with Crippen LogP contribution in [-0.4, -0.2) is 62.5 Å². The lowest BCUT2D eigenvalue weighted by Gasteiger charge is -2.41. The Kier molecular flexibility index (Phi) is 6.53. The second-order valence-corrected chi connectivity index (χ2v) is 9.04. The number of carbonyl (C=O) groups excluding carboxylic acids is 2. The van der Waals surface area contributed by atoms with Gasteiger partial charge in [-0.25, -0.2) is 9.59 Å². The maximum atomic E-state index is 13.3. The van der Waals surface area contributed by atoms with Crippen LogP contribution in [0.1, 0.15) is 78.1 Å². The van der Waals surface area contributed by atoms with E-state index in [-0.39, 0.29) is 18.1 Å². The number of nitrogens with one attached hydrogen (secondary N) is 1. The molecule has 2 N–H and O–H groups in total. The van der Waals surface area contributed by atoms with E-state index in [2.05, 4.69) is 11.9 Å². The van der Waals surface area contributed by atoms with Crippen molar-refractivity contribution < 1.29 is 14.8 Å². The SMILES string of the molecule is C=CCN1C(=O)N(C2CCCCC2)[C@H](N(O)C(=O)NC2CCCCC2)C1(C)C. The predicted molar refractivity (Wildman–Crippen MR) is 108 cm³/mol. The first-order chi connectivity index (χ1) is 13.4. The Morgan fingerprint density at radius 2 is 1.75 bits per heavy atom. The van der Waals surface area contributed by atoms with Crippen molar-refractivity contribution in [3.8, 4) is 0 Å². The molecule has 3 fully saturated rings.